The summed E-state index contributed by atoms with van der Waals surface area (Å²) in [6.07, 6.45) is 3.71. The maximum atomic E-state index is 12.0. The van der Waals surface area contributed by atoms with E-state index in [1.165, 1.54) is 0 Å². The van der Waals surface area contributed by atoms with Crippen LogP contribution in [0.3, 0.4) is 0 Å². The minimum absolute atomic E-state index is 0.136. The maximum absolute atomic E-state index is 12.0. The summed E-state index contributed by atoms with van der Waals surface area (Å²) in [5.41, 5.74) is 0.447. The molecule has 0 radical (unpaired) electrons. The summed E-state index contributed by atoms with van der Waals surface area (Å²) in [4.78, 5) is 18.1. The van der Waals surface area contributed by atoms with Gasteiger partial charge in [0.2, 0.25) is 0 Å². The highest BCUT2D eigenvalue weighted by molar-refractivity contribution is 6.32. The molecule has 1 saturated heterocycles. The second-order valence-corrected chi connectivity index (χ2v) is 4.77. The summed E-state index contributed by atoms with van der Waals surface area (Å²) in [7, 11) is 2.06. The monoisotopic (exact) mass is 253 g/mol. The van der Waals surface area contributed by atoms with Crippen molar-refractivity contribution < 1.29 is 4.79 Å². The van der Waals surface area contributed by atoms with Crippen molar-refractivity contribution in [3.63, 3.8) is 0 Å². The first-order valence-corrected chi connectivity index (χ1v) is 6.14. The number of aromatic nitrogens is 1. The fourth-order valence-corrected chi connectivity index (χ4v) is 2.31. The van der Waals surface area contributed by atoms with Crippen LogP contribution in [0.1, 0.15) is 23.2 Å². The average Bonchev–Trinajstić information content (AvgIpc) is 2.29. The first-order valence-electron chi connectivity index (χ1n) is 5.77. The third-order valence-corrected chi connectivity index (χ3v) is 3.26. The van der Waals surface area contributed by atoms with Gasteiger partial charge in [-0.25, -0.2) is 4.98 Å². The maximum Gasteiger partial charge on any atom is 0.254 e. The largest absolute Gasteiger partial charge is 0.348 e. The van der Waals surface area contributed by atoms with E-state index in [0.717, 1.165) is 25.9 Å². The molecular formula is C12H16ClN3O. The molecule has 1 aromatic rings. The van der Waals surface area contributed by atoms with Gasteiger partial charge >= 0.3 is 0 Å². The first-order chi connectivity index (χ1) is 8.16. The zero-order valence-electron chi connectivity index (χ0n) is 9.82. The Kier molecular flexibility index (Phi) is 3.97. The molecule has 2 rings (SSSR count). The predicted molar refractivity (Wildman–Crippen MR) is 67.2 cm³/mol. The van der Waals surface area contributed by atoms with Gasteiger partial charge in [-0.2, -0.15) is 0 Å². The molecule has 1 N–H and O–H groups in total. The lowest BCUT2D eigenvalue weighted by atomic mass is 10.1. The quantitative estimate of drug-likeness (QED) is 0.814. The van der Waals surface area contributed by atoms with Crippen LogP contribution in [0.15, 0.2) is 18.3 Å². The Morgan fingerprint density at radius 1 is 1.65 bits per heavy atom. The summed E-state index contributed by atoms with van der Waals surface area (Å²) in [5.74, 6) is -0.136. The number of hydrogen-bond donors (Lipinski definition) is 1. The number of hydrogen-bond acceptors (Lipinski definition) is 3. The van der Waals surface area contributed by atoms with E-state index in [1.807, 2.05) is 0 Å². The fraction of sp³-hybridized carbons (Fsp3) is 0.500. The highest BCUT2D eigenvalue weighted by atomic mass is 35.5. The fourth-order valence-electron chi connectivity index (χ4n) is 2.10. The van der Waals surface area contributed by atoms with Crippen molar-refractivity contribution in [2.45, 2.75) is 18.9 Å². The molecule has 1 aliphatic heterocycles. The van der Waals surface area contributed by atoms with E-state index in [4.69, 9.17) is 11.6 Å². The molecule has 1 unspecified atom stereocenters. The molecule has 0 aromatic carbocycles. The minimum Gasteiger partial charge on any atom is -0.348 e. The molecule has 1 aliphatic rings. The molecule has 92 valence electrons. The van der Waals surface area contributed by atoms with Crippen LogP contribution >= 0.6 is 11.6 Å². The van der Waals surface area contributed by atoms with Crippen LogP contribution in [0.5, 0.6) is 0 Å². The number of pyridine rings is 1. The van der Waals surface area contributed by atoms with Gasteiger partial charge in [0, 0.05) is 18.8 Å². The number of nitrogens with one attached hydrogen (secondary N) is 1. The van der Waals surface area contributed by atoms with Crippen LogP contribution < -0.4 is 5.32 Å². The van der Waals surface area contributed by atoms with Crippen molar-refractivity contribution in [3.8, 4) is 0 Å². The topological polar surface area (TPSA) is 45.2 Å². The van der Waals surface area contributed by atoms with Crippen molar-refractivity contribution in [2.24, 2.45) is 0 Å². The molecule has 0 spiro atoms. The highest BCUT2D eigenvalue weighted by Gasteiger charge is 2.20. The molecule has 2 heterocycles. The smallest absolute Gasteiger partial charge is 0.254 e. The van der Waals surface area contributed by atoms with E-state index in [-0.39, 0.29) is 17.1 Å². The van der Waals surface area contributed by atoms with Gasteiger partial charge in [-0.15, -0.1) is 0 Å². The van der Waals surface area contributed by atoms with Crippen LogP contribution in [-0.2, 0) is 0 Å². The Balaban J connectivity index is 1.99. The molecule has 1 aromatic heterocycles. The number of halogens is 1. The van der Waals surface area contributed by atoms with Gasteiger partial charge < -0.3 is 10.2 Å². The van der Waals surface area contributed by atoms with Crippen LogP contribution in [0.25, 0.3) is 0 Å². The van der Waals surface area contributed by atoms with E-state index in [9.17, 15) is 4.79 Å². The van der Waals surface area contributed by atoms with Crippen molar-refractivity contribution >= 4 is 17.5 Å². The molecule has 4 nitrogen and oxygen atoms in total. The van der Waals surface area contributed by atoms with Gasteiger partial charge in [0.05, 0.1) is 5.56 Å². The summed E-state index contributed by atoms with van der Waals surface area (Å²) in [6.45, 7) is 1.99. The number of carbonyl (C=O) groups is 1. The predicted octanol–water partition coefficient (Wildman–Crippen LogP) is 1.56. The van der Waals surface area contributed by atoms with Crippen molar-refractivity contribution in [3.05, 3.63) is 29.0 Å². The van der Waals surface area contributed by atoms with E-state index in [2.05, 4.69) is 22.2 Å². The third kappa shape index (κ3) is 3.17. The van der Waals surface area contributed by atoms with Crippen LogP contribution in [0.4, 0.5) is 0 Å². The number of rotatable bonds is 2. The number of likely N-dealkylation sites (N-methyl/N-ethyl adjacent to an activating group) is 1. The van der Waals surface area contributed by atoms with Gasteiger partial charge in [-0.3, -0.25) is 4.79 Å². The summed E-state index contributed by atoms with van der Waals surface area (Å²) in [5, 5.41) is 3.26. The van der Waals surface area contributed by atoms with Gasteiger partial charge in [0.25, 0.3) is 5.91 Å². The number of likely N-dealkylation sites (tertiary alicyclic amines) is 1. The second-order valence-electron chi connectivity index (χ2n) is 4.42. The zero-order valence-corrected chi connectivity index (χ0v) is 10.6. The second kappa shape index (κ2) is 5.47. The number of nitrogens with zero attached hydrogens (tertiary/aromatic N) is 2. The van der Waals surface area contributed by atoms with Gasteiger partial charge in [-0.05, 0) is 38.6 Å². The molecule has 0 saturated carbocycles. The van der Waals surface area contributed by atoms with Gasteiger partial charge in [-0.1, -0.05) is 11.6 Å². The Morgan fingerprint density at radius 2 is 2.47 bits per heavy atom. The molecule has 1 amide bonds. The van der Waals surface area contributed by atoms with E-state index < -0.39 is 0 Å². The van der Waals surface area contributed by atoms with Crippen molar-refractivity contribution in [1.29, 1.82) is 0 Å². The normalized spacial score (nSPS) is 21.2. The third-order valence-electron chi connectivity index (χ3n) is 2.96. The van der Waals surface area contributed by atoms with Crippen LogP contribution in [0.2, 0.25) is 5.15 Å². The van der Waals surface area contributed by atoms with Crippen LogP contribution in [0, 0.1) is 0 Å². The Hall–Kier alpha value is -1.13. The molecule has 1 atom stereocenters. The van der Waals surface area contributed by atoms with Crippen LogP contribution in [-0.4, -0.2) is 42.0 Å². The molecule has 0 aliphatic carbocycles. The number of amides is 1. The Bertz CT molecular complexity index is 410. The SMILES string of the molecule is CN1CCCC(NC(=O)c2cccnc2Cl)C1. The van der Waals surface area contributed by atoms with Gasteiger partial charge in [0.15, 0.2) is 0 Å². The van der Waals surface area contributed by atoms with E-state index in [1.54, 1.807) is 18.3 Å². The standard InChI is InChI=1S/C12H16ClN3O/c1-16-7-3-4-9(8-16)15-12(17)10-5-2-6-14-11(10)13/h2,5-6,9H,3-4,7-8H2,1H3,(H,15,17). The Labute approximate surface area is 106 Å². The van der Waals surface area contributed by atoms with Crippen molar-refractivity contribution in [1.82, 2.24) is 15.2 Å². The lowest BCUT2D eigenvalue weighted by molar-refractivity contribution is 0.0912. The lowest BCUT2D eigenvalue weighted by Gasteiger charge is -2.30. The molecule has 0 bridgehead atoms. The number of piperidine rings is 1. The summed E-state index contributed by atoms with van der Waals surface area (Å²) < 4.78 is 0. The number of carbonyl (C=O) groups excluding carboxylic acids is 1. The van der Waals surface area contributed by atoms with E-state index >= 15 is 0 Å². The highest BCUT2D eigenvalue weighted by Crippen LogP contribution is 2.13. The molecule has 17 heavy (non-hydrogen) atoms. The summed E-state index contributed by atoms with van der Waals surface area (Å²) >= 11 is 5.88. The Morgan fingerprint density at radius 3 is 3.18 bits per heavy atom. The molecule has 5 heteroatoms. The summed E-state index contributed by atoms with van der Waals surface area (Å²) in [6, 6.07) is 3.61. The molecule has 1 fully saturated rings. The van der Waals surface area contributed by atoms with E-state index in [0.29, 0.717) is 5.56 Å². The average molecular weight is 254 g/mol. The van der Waals surface area contributed by atoms with Gasteiger partial charge in [0.1, 0.15) is 5.15 Å². The minimum atomic E-state index is -0.136. The lowest BCUT2D eigenvalue weighted by Crippen LogP contribution is -2.46. The van der Waals surface area contributed by atoms with Crippen molar-refractivity contribution in [2.75, 3.05) is 20.1 Å². The first kappa shape index (κ1) is 12.3. The molecular weight excluding hydrogens is 238 g/mol. The zero-order chi connectivity index (χ0) is 12.3.